The molecule has 0 saturated heterocycles. The van der Waals surface area contributed by atoms with Crippen molar-refractivity contribution >= 4 is 21.4 Å². The average Bonchev–Trinajstić information content (AvgIpc) is 2.18. The van der Waals surface area contributed by atoms with Gasteiger partial charge in [-0.25, -0.2) is 13.4 Å². The Balaban J connectivity index is 3.15. The van der Waals surface area contributed by atoms with Crippen molar-refractivity contribution in [1.29, 1.82) is 5.26 Å². The first-order valence-electron chi connectivity index (χ1n) is 3.75. The predicted octanol–water partition coefficient (Wildman–Crippen LogP) is 0.966. The van der Waals surface area contributed by atoms with Crippen LogP contribution in [0.5, 0.6) is 0 Å². The number of halogens is 1. The van der Waals surface area contributed by atoms with E-state index in [1.54, 1.807) is 6.07 Å². The fourth-order valence-electron chi connectivity index (χ4n) is 0.885. The standard InChI is InChI=1S/C8H7ClN2O2S/c9-2-4-14(12,13)8-1-3-11-7(5-8)6-10/h1,3,5H,2,4H2. The van der Waals surface area contributed by atoms with E-state index in [1.807, 2.05) is 0 Å². The van der Waals surface area contributed by atoms with Gasteiger partial charge in [0.15, 0.2) is 9.84 Å². The molecule has 1 heterocycles. The van der Waals surface area contributed by atoms with Gasteiger partial charge in [0.1, 0.15) is 11.8 Å². The highest BCUT2D eigenvalue weighted by molar-refractivity contribution is 7.91. The van der Waals surface area contributed by atoms with Crippen LogP contribution in [0.25, 0.3) is 0 Å². The van der Waals surface area contributed by atoms with Crippen LogP contribution in [0, 0.1) is 11.3 Å². The molecule has 0 spiro atoms. The number of sulfone groups is 1. The molecular weight excluding hydrogens is 224 g/mol. The SMILES string of the molecule is N#Cc1cc(S(=O)(=O)CCCl)ccn1. The van der Waals surface area contributed by atoms with Crippen LogP contribution >= 0.6 is 11.6 Å². The molecule has 1 aromatic heterocycles. The van der Waals surface area contributed by atoms with Crippen LogP contribution in [-0.2, 0) is 9.84 Å². The van der Waals surface area contributed by atoms with Crippen LogP contribution in [-0.4, -0.2) is 25.0 Å². The predicted molar refractivity (Wildman–Crippen MR) is 51.7 cm³/mol. The minimum Gasteiger partial charge on any atom is -0.245 e. The van der Waals surface area contributed by atoms with E-state index in [2.05, 4.69) is 4.98 Å². The lowest BCUT2D eigenvalue weighted by Crippen LogP contribution is -2.08. The lowest BCUT2D eigenvalue weighted by Gasteiger charge is -2.00. The minimum absolute atomic E-state index is 0.0343. The molecule has 0 radical (unpaired) electrons. The van der Waals surface area contributed by atoms with Crippen LogP contribution in [0.3, 0.4) is 0 Å². The highest BCUT2D eigenvalue weighted by atomic mass is 35.5. The molecule has 0 atom stereocenters. The molecule has 0 unspecified atom stereocenters. The number of hydrogen-bond acceptors (Lipinski definition) is 4. The Labute approximate surface area is 87.1 Å². The van der Waals surface area contributed by atoms with Crippen LogP contribution in [0.1, 0.15) is 5.69 Å². The molecule has 74 valence electrons. The van der Waals surface area contributed by atoms with E-state index < -0.39 is 9.84 Å². The minimum atomic E-state index is -3.37. The number of nitrogens with zero attached hydrogens (tertiary/aromatic N) is 2. The third kappa shape index (κ3) is 2.44. The summed E-state index contributed by atoms with van der Waals surface area (Å²) >= 11 is 5.35. The lowest BCUT2D eigenvalue weighted by atomic mass is 10.4. The van der Waals surface area contributed by atoms with Crippen molar-refractivity contribution in [1.82, 2.24) is 4.98 Å². The van der Waals surface area contributed by atoms with Gasteiger partial charge in [0.2, 0.25) is 0 Å². The van der Waals surface area contributed by atoms with E-state index in [0.717, 1.165) is 0 Å². The van der Waals surface area contributed by atoms with Gasteiger partial charge in [-0.15, -0.1) is 11.6 Å². The third-order valence-corrected chi connectivity index (χ3v) is 3.68. The summed E-state index contributed by atoms with van der Waals surface area (Å²) < 4.78 is 23.0. The lowest BCUT2D eigenvalue weighted by molar-refractivity contribution is 0.597. The highest BCUT2D eigenvalue weighted by Crippen LogP contribution is 2.11. The molecule has 1 rings (SSSR count). The maximum absolute atomic E-state index is 11.5. The third-order valence-electron chi connectivity index (χ3n) is 1.55. The second kappa shape index (κ2) is 4.40. The molecule has 1 aromatic rings. The van der Waals surface area contributed by atoms with E-state index >= 15 is 0 Å². The van der Waals surface area contributed by atoms with Gasteiger partial charge in [0.05, 0.1) is 10.6 Å². The van der Waals surface area contributed by atoms with Gasteiger partial charge in [-0.05, 0) is 12.1 Å². The monoisotopic (exact) mass is 230 g/mol. The van der Waals surface area contributed by atoms with E-state index in [0.29, 0.717) is 0 Å². The van der Waals surface area contributed by atoms with Gasteiger partial charge in [-0.2, -0.15) is 5.26 Å². The summed E-state index contributed by atoms with van der Waals surface area (Å²) in [6.07, 6.45) is 1.29. The van der Waals surface area contributed by atoms with Gasteiger partial charge in [-0.1, -0.05) is 0 Å². The van der Waals surface area contributed by atoms with Gasteiger partial charge < -0.3 is 0 Å². The largest absolute Gasteiger partial charge is 0.245 e. The van der Waals surface area contributed by atoms with Gasteiger partial charge in [0.25, 0.3) is 0 Å². The van der Waals surface area contributed by atoms with Crippen molar-refractivity contribution in [2.45, 2.75) is 4.90 Å². The van der Waals surface area contributed by atoms with E-state index in [9.17, 15) is 8.42 Å². The van der Waals surface area contributed by atoms with Gasteiger partial charge in [-0.3, -0.25) is 0 Å². The maximum Gasteiger partial charge on any atom is 0.179 e. The molecule has 0 saturated carbocycles. The number of pyridine rings is 1. The number of rotatable bonds is 3. The van der Waals surface area contributed by atoms with Crippen molar-refractivity contribution in [2.24, 2.45) is 0 Å². The van der Waals surface area contributed by atoms with E-state index in [-0.39, 0.29) is 22.2 Å². The van der Waals surface area contributed by atoms with Crippen LogP contribution < -0.4 is 0 Å². The molecule has 0 aliphatic rings. The molecule has 0 bridgehead atoms. The summed E-state index contributed by atoms with van der Waals surface area (Å²) in [5, 5.41) is 8.52. The Bertz CT molecular complexity index is 464. The summed E-state index contributed by atoms with van der Waals surface area (Å²) in [6, 6.07) is 4.36. The van der Waals surface area contributed by atoms with Gasteiger partial charge >= 0.3 is 0 Å². The molecule has 0 amide bonds. The van der Waals surface area contributed by atoms with Crippen molar-refractivity contribution in [2.75, 3.05) is 11.6 Å². The fraction of sp³-hybridized carbons (Fsp3) is 0.250. The Morgan fingerprint density at radius 2 is 2.29 bits per heavy atom. The topological polar surface area (TPSA) is 70.8 Å². The Morgan fingerprint density at radius 1 is 1.57 bits per heavy atom. The zero-order valence-electron chi connectivity index (χ0n) is 7.14. The van der Waals surface area contributed by atoms with Gasteiger partial charge in [0, 0.05) is 12.1 Å². The first kappa shape index (κ1) is 11.0. The molecular formula is C8H7ClN2O2S. The fourth-order valence-corrected chi connectivity index (χ4v) is 2.49. The van der Waals surface area contributed by atoms with E-state index in [4.69, 9.17) is 16.9 Å². The summed E-state index contributed by atoms with van der Waals surface area (Å²) in [7, 11) is -3.37. The molecule has 6 heteroatoms. The normalized spacial score (nSPS) is 10.9. The first-order chi connectivity index (χ1) is 6.60. The molecule has 0 aliphatic heterocycles. The number of hydrogen-bond donors (Lipinski definition) is 0. The van der Waals surface area contributed by atoms with Crippen molar-refractivity contribution in [3.63, 3.8) is 0 Å². The van der Waals surface area contributed by atoms with Crippen molar-refractivity contribution in [3.05, 3.63) is 24.0 Å². The molecule has 0 aliphatic carbocycles. The average molecular weight is 231 g/mol. The zero-order valence-corrected chi connectivity index (χ0v) is 8.72. The summed E-state index contributed by atoms with van der Waals surface area (Å²) in [5.74, 6) is -0.101. The van der Waals surface area contributed by atoms with Crippen LogP contribution in [0.15, 0.2) is 23.2 Å². The first-order valence-corrected chi connectivity index (χ1v) is 5.93. The maximum atomic E-state index is 11.5. The summed E-state index contributed by atoms with van der Waals surface area (Å²) in [4.78, 5) is 3.76. The Hall–Kier alpha value is -1.12. The quantitative estimate of drug-likeness (QED) is 0.726. The second-order valence-corrected chi connectivity index (χ2v) is 4.98. The highest BCUT2D eigenvalue weighted by Gasteiger charge is 2.13. The summed E-state index contributed by atoms with van der Waals surface area (Å²) in [6.45, 7) is 0. The van der Waals surface area contributed by atoms with Crippen LogP contribution in [0.2, 0.25) is 0 Å². The zero-order chi connectivity index (χ0) is 10.6. The smallest absolute Gasteiger partial charge is 0.179 e. The molecule has 0 fully saturated rings. The number of alkyl halides is 1. The second-order valence-electron chi connectivity index (χ2n) is 2.50. The van der Waals surface area contributed by atoms with Crippen LogP contribution in [0.4, 0.5) is 0 Å². The van der Waals surface area contributed by atoms with E-state index in [1.165, 1.54) is 18.3 Å². The van der Waals surface area contributed by atoms with Crippen molar-refractivity contribution < 1.29 is 8.42 Å². The number of aromatic nitrogens is 1. The molecule has 0 aromatic carbocycles. The number of nitriles is 1. The Morgan fingerprint density at radius 3 is 2.86 bits per heavy atom. The molecule has 4 nitrogen and oxygen atoms in total. The van der Waals surface area contributed by atoms with Crippen molar-refractivity contribution in [3.8, 4) is 6.07 Å². The Kier molecular flexibility index (Phi) is 3.44. The molecule has 14 heavy (non-hydrogen) atoms. The molecule has 0 N–H and O–H groups in total. The summed E-state index contributed by atoms with van der Waals surface area (Å²) in [5.41, 5.74) is 0.0839.